The minimum Gasteiger partial charge on any atom is -0.310 e. The van der Waals surface area contributed by atoms with Crippen LogP contribution in [0.3, 0.4) is 0 Å². The lowest BCUT2D eigenvalue weighted by molar-refractivity contribution is -0.125. The summed E-state index contributed by atoms with van der Waals surface area (Å²) in [4.78, 5) is 16.8. The predicted molar refractivity (Wildman–Crippen MR) is 94.9 cm³/mol. The molecule has 0 aliphatic carbocycles. The van der Waals surface area contributed by atoms with Crippen LogP contribution < -0.4 is 4.90 Å². The molecule has 1 aliphatic rings. The van der Waals surface area contributed by atoms with Crippen LogP contribution in [0.5, 0.6) is 0 Å². The molecule has 0 unspecified atom stereocenters. The van der Waals surface area contributed by atoms with Crippen molar-refractivity contribution in [2.45, 2.75) is 26.4 Å². The van der Waals surface area contributed by atoms with E-state index in [-0.39, 0.29) is 11.9 Å². The molecule has 1 amide bonds. The molecule has 3 rings (SSSR count). The smallest absolute Gasteiger partial charge is 0.244 e. The second kappa shape index (κ2) is 6.73. The highest BCUT2D eigenvalue weighted by atomic mass is 35.5. The Labute approximate surface area is 142 Å². The number of hydrogen-bond acceptors (Lipinski definition) is 2. The number of rotatable bonds is 3. The quantitative estimate of drug-likeness (QED) is 0.853. The van der Waals surface area contributed by atoms with E-state index in [2.05, 4.69) is 36.1 Å². The van der Waals surface area contributed by atoms with Crippen LogP contribution in [0, 0.1) is 6.92 Å². The second-order valence-electron chi connectivity index (χ2n) is 6.10. The third-order valence-corrected chi connectivity index (χ3v) is 4.64. The maximum absolute atomic E-state index is 12.7. The van der Waals surface area contributed by atoms with Gasteiger partial charge in [0.15, 0.2) is 0 Å². The van der Waals surface area contributed by atoms with E-state index in [0.29, 0.717) is 11.6 Å². The van der Waals surface area contributed by atoms with Gasteiger partial charge in [-0.25, -0.2) is 0 Å². The van der Waals surface area contributed by atoms with Crippen molar-refractivity contribution >= 4 is 23.2 Å². The zero-order chi connectivity index (χ0) is 16.4. The van der Waals surface area contributed by atoms with Gasteiger partial charge < -0.3 is 4.90 Å². The Bertz CT molecular complexity index is 699. The molecule has 23 heavy (non-hydrogen) atoms. The van der Waals surface area contributed by atoms with Gasteiger partial charge in [0.25, 0.3) is 0 Å². The number of anilines is 1. The van der Waals surface area contributed by atoms with Crippen LogP contribution in [0.15, 0.2) is 48.5 Å². The van der Waals surface area contributed by atoms with E-state index in [4.69, 9.17) is 11.6 Å². The zero-order valence-corrected chi connectivity index (χ0v) is 14.3. The number of carbonyl (C=O) groups is 1. The van der Waals surface area contributed by atoms with Gasteiger partial charge in [-0.3, -0.25) is 9.69 Å². The first-order valence-corrected chi connectivity index (χ1v) is 8.29. The molecule has 0 aromatic heterocycles. The summed E-state index contributed by atoms with van der Waals surface area (Å²) in [6, 6.07) is 15.8. The lowest BCUT2D eigenvalue weighted by Crippen LogP contribution is -2.55. The Hall–Kier alpha value is -1.84. The number of piperazine rings is 1. The maximum Gasteiger partial charge on any atom is 0.244 e. The van der Waals surface area contributed by atoms with Gasteiger partial charge in [0, 0.05) is 30.3 Å². The molecule has 1 aliphatic heterocycles. The van der Waals surface area contributed by atoms with E-state index in [1.165, 1.54) is 11.1 Å². The van der Waals surface area contributed by atoms with Crippen LogP contribution in [-0.2, 0) is 11.3 Å². The monoisotopic (exact) mass is 328 g/mol. The molecule has 120 valence electrons. The van der Waals surface area contributed by atoms with Gasteiger partial charge in [-0.15, -0.1) is 0 Å². The van der Waals surface area contributed by atoms with Gasteiger partial charge >= 0.3 is 0 Å². The Morgan fingerprint density at radius 1 is 1.13 bits per heavy atom. The van der Waals surface area contributed by atoms with Crippen LogP contribution >= 0.6 is 11.6 Å². The number of nitrogens with zero attached hydrogens (tertiary/aromatic N) is 2. The van der Waals surface area contributed by atoms with E-state index in [0.717, 1.165) is 18.8 Å². The molecule has 1 heterocycles. The lowest BCUT2D eigenvalue weighted by atomic mass is 10.1. The van der Waals surface area contributed by atoms with Gasteiger partial charge in [-0.2, -0.15) is 0 Å². The molecule has 2 aromatic carbocycles. The second-order valence-corrected chi connectivity index (χ2v) is 6.54. The van der Waals surface area contributed by atoms with E-state index >= 15 is 0 Å². The van der Waals surface area contributed by atoms with E-state index in [1.54, 1.807) is 0 Å². The maximum atomic E-state index is 12.7. The first-order valence-electron chi connectivity index (χ1n) is 7.91. The minimum absolute atomic E-state index is 0.125. The first kappa shape index (κ1) is 16.0. The number of halogens is 1. The Morgan fingerprint density at radius 3 is 2.57 bits per heavy atom. The van der Waals surface area contributed by atoms with Crippen molar-refractivity contribution in [2.75, 3.05) is 18.0 Å². The normalized spacial score (nSPS) is 19.2. The van der Waals surface area contributed by atoms with Crippen molar-refractivity contribution in [3.63, 3.8) is 0 Å². The van der Waals surface area contributed by atoms with Gasteiger partial charge in [0.1, 0.15) is 0 Å². The summed E-state index contributed by atoms with van der Waals surface area (Å²) < 4.78 is 0. The van der Waals surface area contributed by atoms with Gasteiger partial charge in [-0.05, 0) is 43.7 Å². The van der Waals surface area contributed by atoms with Crippen LogP contribution in [0.4, 0.5) is 5.69 Å². The highest BCUT2D eigenvalue weighted by Gasteiger charge is 2.32. The Morgan fingerprint density at radius 2 is 1.87 bits per heavy atom. The van der Waals surface area contributed by atoms with Crippen LogP contribution in [0.25, 0.3) is 0 Å². The molecule has 1 fully saturated rings. The van der Waals surface area contributed by atoms with Crippen molar-refractivity contribution in [1.29, 1.82) is 0 Å². The summed E-state index contributed by atoms with van der Waals surface area (Å²) in [7, 11) is 0. The van der Waals surface area contributed by atoms with Crippen molar-refractivity contribution < 1.29 is 4.79 Å². The van der Waals surface area contributed by atoms with Crippen LogP contribution in [-0.4, -0.2) is 29.9 Å². The van der Waals surface area contributed by atoms with Crippen molar-refractivity contribution in [1.82, 2.24) is 4.90 Å². The third-order valence-electron chi connectivity index (χ3n) is 4.39. The fourth-order valence-corrected chi connectivity index (χ4v) is 3.18. The van der Waals surface area contributed by atoms with Crippen molar-refractivity contribution in [2.24, 2.45) is 0 Å². The minimum atomic E-state index is -0.125. The molecule has 3 nitrogen and oxygen atoms in total. The van der Waals surface area contributed by atoms with Crippen LogP contribution in [0.1, 0.15) is 18.1 Å². The molecule has 0 N–H and O–H groups in total. The highest BCUT2D eigenvalue weighted by molar-refractivity contribution is 6.30. The zero-order valence-electron chi connectivity index (χ0n) is 13.5. The summed E-state index contributed by atoms with van der Waals surface area (Å²) in [5.41, 5.74) is 3.42. The SMILES string of the molecule is Cc1cccc(CN2CCN(c3ccc(Cl)cc3)C(=O)[C@H]2C)c1. The molecule has 4 heteroatoms. The molecule has 1 saturated heterocycles. The lowest BCUT2D eigenvalue weighted by Gasteiger charge is -2.39. The molecule has 1 atom stereocenters. The third kappa shape index (κ3) is 3.57. The number of benzene rings is 2. The number of amides is 1. The Kier molecular flexibility index (Phi) is 4.69. The highest BCUT2D eigenvalue weighted by Crippen LogP contribution is 2.23. The van der Waals surface area contributed by atoms with Crippen molar-refractivity contribution in [3.05, 3.63) is 64.7 Å². The first-order chi connectivity index (χ1) is 11.0. The standard InChI is InChI=1S/C19H21ClN2O/c1-14-4-3-5-16(12-14)13-21-10-11-22(19(23)15(21)2)18-8-6-17(20)7-9-18/h3-9,12,15H,10-11,13H2,1-2H3/t15-/m1/s1. The number of aryl methyl sites for hydroxylation is 1. The summed E-state index contributed by atoms with van der Waals surface area (Å²) in [5.74, 6) is 0.145. The molecule has 2 aromatic rings. The van der Waals surface area contributed by atoms with E-state index in [1.807, 2.05) is 36.1 Å². The van der Waals surface area contributed by atoms with Gasteiger partial charge in [0.05, 0.1) is 6.04 Å². The van der Waals surface area contributed by atoms with Crippen LogP contribution in [0.2, 0.25) is 5.02 Å². The van der Waals surface area contributed by atoms with E-state index in [9.17, 15) is 4.79 Å². The fourth-order valence-electron chi connectivity index (χ4n) is 3.05. The fraction of sp³-hybridized carbons (Fsp3) is 0.316. The largest absolute Gasteiger partial charge is 0.310 e. The predicted octanol–water partition coefficient (Wildman–Crippen LogP) is 3.89. The molecule has 0 saturated carbocycles. The summed E-state index contributed by atoms with van der Waals surface area (Å²) in [6.45, 7) is 6.46. The summed E-state index contributed by atoms with van der Waals surface area (Å²) >= 11 is 5.93. The average molecular weight is 329 g/mol. The van der Waals surface area contributed by atoms with Gasteiger partial charge in [-0.1, -0.05) is 41.4 Å². The topological polar surface area (TPSA) is 23.6 Å². The van der Waals surface area contributed by atoms with Crippen molar-refractivity contribution in [3.8, 4) is 0 Å². The number of hydrogen-bond donors (Lipinski definition) is 0. The molecule has 0 radical (unpaired) electrons. The Balaban J connectivity index is 1.72. The summed E-state index contributed by atoms with van der Waals surface area (Å²) in [5, 5.41) is 0.687. The summed E-state index contributed by atoms with van der Waals surface area (Å²) in [6.07, 6.45) is 0. The number of carbonyl (C=O) groups excluding carboxylic acids is 1. The molecule has 0 spiro atoms. The average Bonchev–Trinajstić information content (AvgIpc) is 2.53. The molecular formula is C19H21ClN2O. The molecular weight excluding hydrogens is 308 g/mol. The molecule has 0 bridgehead atoms. The van der Waals surface area contributed by atoms with E-state index < -0.39 is 0 Å². The van der Waals surface area contributed by atoms with Gasteiger partial charge in [0.2, 0.25) is 5.91 Å².